The van der Waals surface area contributed by atoms with Crippen molar-refractivity contribution in [2.45, 2.75) is 18.8 Å². The molecule has 0 aromatic carbocycles. The van der Waals surface area contributed by atoms with Crippen molar-refractivity contribution in [2.75, 3.05) is 26.2 Å². The molecular formula is C9H12F6N2O. The number of alkyl halides is 6. The Bertz CT molecular complexity index is 280. The van der Waals surface area contributed by atoms with Gasteiger partial charge < -0.3 is 10.2 Å². The van der Waals surface area contributed by atoms with E-state index in [0.717, 1.165) is 4.90 Å². The van der Waals surface area contributed by atoms with Crippen LogP contribution in [-0.2, 0) is 4.79 Å². The summed E-state index contributed by atoms with van der Waals surface area (Å²) in [5.41, 5.74) is 0. The fraction of sp³-hybridized carbons (Fsp3) is 0.889. The summed E-state index contributed by atoms with van der Waals surface area (Å²) in [7, 11) is 0. The summed E-state index contributed by atoms with van der Waals surface area (Å²) in [6, 6.07) is 0. The summed E-state index contributed by atoms with van der Waals surface area (Å²) in [6.45, 7) is 0.991. The minimum Gasteiger partial charge on any atom is -0.340 e. The number of hydrogen-bond acceptors (Lipinski definition) is 2. The molecule has 1 saturated heterocycles. The zero-order valence-corrected chi connectivity index (χ0v) is 9.24. The van der Waals surface area contributed by atoms with Crippen molar-refractivity contribution in [2.24, 2.45) is 5.92 Å². The van der Waals surface area contributed by atoms with Crippen LogP contribution < -0.4 is 5.32 Å². The Kier molecular flexibility index (Phi) is 4.46. The number of amides is 1. The van der Waals surface area contributed by atoms with Crippen LogP contribution in [0.15, 0.2) is 0 Å². The fourth-order valence-corrected chi connectivity index (χ4v) is 1.63. The Morgan fingerprint density at radius 2 is 1.50 bits per heavy atom. The molecule has 0 radical (unpaired) electrons. The average Bonchev–Trinajstić information content (AvgIpc) is 2.23. The SMILES string of the molecule is O=C(CC(C(F)(F)F)C(F)(F)F)N1CCNCC1. The van der Waals surface area contributed by atoms with Gasteiger partial charge in [0, 0.05) is 32.6 Å². The second-order valence-corrected chi connectivity index (χ2v) is 3.97. The molecule has 0 bridgehead atoms. The normalized spacial score (nSPS) is 18.3. The molecule has 1 N–H and O–H groups in total. The van der Waals surface area contributed by atoms with Crippen molar-refractivity contribution in [3.8, 4) is 0 Å². The molecule has 0 aromatic rings. The van der Waals surface area contributed by atoms with E-state index in [1.807, 2.05) is 0 Å². The van der Waals surface area contributed by atoms with E-state index in [9.17, 15) is 31.1 Å². The molecule has 1 aliphatic heterocycles. The Balaban J connectivity index is 2.69. The van der Waals surface area contributed by atoms with E-state index in [1.54, 1.807) is 0 Å². The highest BCUT2D eigenvalue weighted by Gasteiger charge is 2.57. The lowest BCUT2D eigenvalue weighted by molar-refractivity contribution is -0.284. The number of nitrogens with zero attached hydrogens (tertiary/aromatic N) is 1. The highest BCUT2D eigenvalue weighted by atomic mass is 19.4. The number of rotatable bonds is 2. The average molecular weight is 278 g/mol. The molecule has 1 aliphatic rings. The first-order valence-corrected chi connectivity index (χ1v) is 5.24. The molecule has 1 rings (SSSR count). The smallest absolute Gasteiger partial charge is 0.340 e. The summed E-state index contributed by atoms with van der Waals surface area (Å²) >= 11 is 0. The Hall–Kier alpha value is -0.990. The molecule has 0 aliphatic carbocycles. The van der Waals surface area contributed by atoms with Crippen molar-refractivity contribution in [3.63, 3.8) is 0 Å². The van der Waals surface area contributed by atoms with Crippen molar-refractivity contribution in [3.05, 3.63) is 0 Å². The topological polar surface area (TPSA) is 32.3 Å². The molecular weight excluding hydrogens is 266 g/mol. The molecule has 0 saturated carbocycles. The Labute approximate surface area is 99.1 Å². The summed E-state index contributed by atoms with van der Waals surface area (Å²) in [4.78, 5) is 12.4. The highest BCUT2D eigenvalue weighted by molar-refractivity contribution is 5.76. The summed E-state index contributed by atoms with van der Waals surface area (Å²) in [5, 5.41) is 2.85. The third kappa shape index (κ3) is 4.04. The van der Waals surface area contributed by atoms with Crippen LogP contribution >= 0.6 is 0 Å². The van der Waals surface area contributed by atoms with Crippen molar-refractivity contribution < 1.29 is 31.1 Å². The maximum Gasteiger partial charge on any atom is 0.400 e. The third-order valence-corrected chi connectivity index (χ3v) is 2.64. The van der Waals surface area contributed by atoms with E-state index in [2.05, 4.69) is 5.32 Å². The van der Waals surface area contributed by atoms with Gasteiger partial charge >= 0.3 is 12.4 Å². The molecule has 0 atom stereocenters. The lowest BCUT2D eigenvalue weighted by Gasteiger charge is -2.30. The van der Waals surface area contributed by atoms with E-state index in [4.69, 9.17) is 0 Å². The molecule has 0 aromatic heterocycles. The van der Waals surface area contributed by atoms with Gasteiger partial charge in [-0.1, -0.05) is 0 Å². The van der Waals surface area contributed by atoms with Gasteiger partial charge in [-0.25, -0.2) is 0 Å². The molecule has 1 amide bonds. The second-order valence-electron chi connectivity index (χ2n) is 3.97. The first-order valence-electron chi connectivity index (χ1n) is 5.24. The van der Waals surface area contributed by atoms with E-state index < -0.39 is 30.6 Å². The molecule has 18 heavy (non-hydrogen) atoms. The molecule has 106 valence electrons. The maximum absolute atomic E-state index is 12.2. The van der Waals surface area contributed by atoms with Gasteiger partial charge in [-0.2, -0.15) is 26.3 Å². The molecule has 3 nitrogen and oxygen atoms in total. The minimum atomic E-state index is -5.46. The Morgan fingerprint density at radius 3 is 1.89 bits per heavy atom. The molecule has 0 unspecified atom stereocenters. The van der Waals surface area contributed by atoms with Gasteiger partial charge in [-0.3, -0.25) is 4.79 Å². The van der Waals surface area contributed by atoms with Crippen molar-refractivity contribution in [1.29, 1.82) is 0 Å². The first-order chi connectivity index (χ1) is 8.12. The van der Waals surface area contributed by atoms with E-state index >= 15 is 0 Å². The number of carbonyl (C=O) groups excluding carboxylic acids is 1. The van der Waals surface area contributed by atoms with Gasteiger partial charge in [0.15, 0.2) is 5.92 Å². The molecule has 1 heterocycles. The largest absolute Gasteiger partial charge is 0.400 e. The van der Waals surface area contributed by atoms with Gasteiger partial charge in [0.2, 0.25) is 5.91 Å². The van der Waals surface area contributed by atoms with Crippen LogP contribution in [0.25, 0.3) is 0 Å². The lowest BCUT2D eigenvalue weighted by Crippen LogP contribution is -2.48. The van der Waals surface area contributed by atoms with Crippen LogP contribution in [0.2, 0.25) is 0 Å². The predicted octanol–water partition coefficient (Wildman–Crippen LogP) is 1.55. The van der Waals surface area contributed by atoms with Crippen LogP contribution in [0, 0.1) is 5.92 Å². The van der Waals surface area contributed by atoms with Gasteiger partial charge in [0.25, 0.3) is 0 Å². The number of nitrogens with one attached hydrogen (secondary N) is 1. The zero-order valence-electron chi connectivity index (χ0n) is 9.24. The van der Waals surface area contributed by atoms with Gasteiger partial charge in [-0.15, -0.1) is 0 Å². The number of hydrogen-bond donors (Lipinski definition) is 1. The third-order valence-electron chi connectivity index (χ3n) is 2.64. The van der Waals surface area contributed by atoms with E-state index in [-0.39, 0.29) is 13.1 Å². The van der Waals surface area contributed by atoms with Gasteiger partial charge in [-0.05, 0) is 0 Å². The number of halogens is 6. The number of carbonyl (C=O) groups is 1. The summed E-state index contributed by atoms with van der Waals surface area (Å²) in [5.74, 6) is -4.71. The second kappa shape index (κ2) is 5.33. The first kappa shape index (κ1) is 15.1. The standard InChI is InChI=1S/C9H12F6N2O/c10-8(11,12)6(9(13,14)15)5-7(18)17-3-1-16-2-4-17/h6,16H,1-5H2. The Morgan fingerprint density at radius 1 is 1.06 bits per heavy atom. The van der Waals surface area contributed by atoms with Crippen LogP contribution in [0.3, 0.4) is 0 Å². The quantitative estimate of drug-likeness (QED) is 0.777. The fourth-order valence-electron chi connectivity index (χ4n) is 1.63. The van der Waals surface area contributed by atoms with Crippen LogP contribution in [0.5, 0.6) is 0 Å². The van der Waals surface area contributed by atoms with E-state index in [0.29, 0.717) is 13.1 Å². The predicted molar refractivity (Wildman–Crippen MR) is 49.7 cm³/mol. The van der Waals surface area contributed by atoms with Crippen LogP contribution in [0.4, 0.5) is 26.3 Å². The van der Waals surface area contributed by atoms with Gasteiger partial charge in [0.1, 0.15) is 0 Å². The zero-order chi connectivity index (χ0) is 14.0. The van der Waals surface area contributed by atoms with Crippen LogP contribution in [-0.4, -0.2) is 49.3 Å². The van der Waals surface area contributed by atoms with Crippen molar-refractivity contribution >= 4 is 5.91 Å². The van der Waals surface area contributed by atoms with Gasteiger partial charge in [0.05, 0.1) is 0 Å². The highest BCUT2D eigenvalue weighted by Crippen LogP contribution is 2.41. The molecule has 0 spiro atoms. The van der Waals surface area contributed by atoms with Crippen LogP contribution in [0.1, 0.15) is 6.42 Å². The number of piperazine rings is 1. The summed E-state index contributed by atoms with van der Waals surface area (Å²) < 4.78 is 73.4. The lowest BCUT2D eigenvalue weighted by atomic mass is 10.0. The maximum atomic E-state index is 12.2. The van der Waals surface area contributed by atoms with E-state index in [1.165, 1.54) is 0 Å². The molecule has 1 fully saturated rings. The monoisotopic (exact) mass is 278 g/mol. The summed E-state index contributed by atoms with van der Waals surface area (Å²) in [6.07, 6.45) is -12.5. The molecule has 9 heteroatoms. The minimum absolute atomic E-state index is 0.126. The van der Waals surface area contributed by atoms with Crippen molar-refractivity contribution in [1.82, 2.24) is 10.2 Å².